The molecule has 1 aromatic heterocycles. The second kappa shape index (κ2) is 9.15. The molecule has 0 bridgehead atoms. The largest absolute Gasteiger partial charge is 0.484 e. The SMILES string of the molecule is CCOC(=O)c1cc(C(C)C)sc1NC(=O)COc1cccc(C=O)c1. The molecule has 1 N–H and O–H groups in total. The van der Waals surface area contributed by atoms with Crippen LogP contribution < -0.4 is 10.1 Å². The zero-order valence-corrected chi connectivity index (χ0v) is 15.7. The minimum Gasteiger partial charge on any atom is -0.484 e. The van der Waals surface area contributed by atoms with E-state index >= 15 is 0 Å². The third-order valence-corrected chi connectivity index (χ3v) is 4.78. The highest BCUT2D eigenvalue weighted by Gasteiger charge is 2.20. The summed E-state index contributed by atoms with van der Waals surface area (Å²) in [5.74, 6) is -0.222. The topological polar surface area (TPSA) is 81.7 Å². The highest BCUT2D eigenvalue weighted by atomic mass is 32.1. The monoisotopic (exact) mass is 375 g/mol. The molecule has 0 aliphatic rings. The Hall–Kier alpha value is -2.67. The first-order chi connectivity index (χ1) is 12.4. The van der Waals surface area contributed by atoms with E-state index in [1.165, 1.54) is 11.3 Å². The summed E-state index contributed by atoms with van der Waals surface area (Å²) in [6, 6.07) is 8.27. The molecule has 138 valence electrons. The van der Waals surface area contributed by atoms with Gasteiger partial charge in [-0.25, -0.2) is 4.79 Å². The van der Waals surface area contributed by atoms with Crippen LogP contribution in [0.15, 0.2) is 30.3 Å². The van der Waals surface area contributed by atoms with Crippen molar-refractivity contribution in [1.82, 2.24) is 0 Å². The van der Waals surface area contributed by atoms with E-state index in [0.29, 0.717) is 28.2 Å². The molecule has 7 heteroatoms. The molecule has 0 unspecified atom stereocenters. The fraction of sp³-hybridized carbons (Fsp3) is 0.316. The second-order valence-corrected chi connectivity index (χ2v) is 6.88. The molecular weight excluding hydrogens is 354 g/mol. The van der Waals surface area contributed by atoms with Gasteiger partial charge < -0.3 is 14.8 Å². The number of amides is 1. The summed E-state index contributed by atoms with van der Waals surface area (Å²) < 4.78 is 10.5. The van der Waals surface area contributed by atoms with Crippen molar-refractivity contribution in [2.45, 2.75) is 26.7 Å². The van der Waals surface area contributed by atoms with Crippen LogP contribution in [0.25, 0.3) is 0 Å². The molecule has 1 aromatic carbocycles. The minimum absolute atomic E-state index is 0.223. The van der Waals surface area contributed by atoms with Gasteiger partial charge in [0.1, 0.15) is 17.0 Å². The Morgan fingerprint density at radius 3 is 2.69 bits per heavy atom. The smallest absolute Gasteiger partial charge is 0.341 e. The molecule has 6 nitrogen and oxygen atoms in total. The summed E-state index contributed by atoms with van der Waals surface area (Å²) in [5, 5.41) is 3.15. The number of esters is 1. The van der Waals surface area contributed by atoms with Crippen LogP contribution >= 0.6 is 11.3 Å². The van der Waals surface area contributed by atoms with Crippen molar-refractivity contribution in [3.63, 3.8) is 0 Å². The average Bonchev–Trinajstić information content (AvgIpc) is 3.04. The molecule has 0 fully saturated rings. The van der Waals surface area contributed by atoms with Crippen LogP contribution in [0.1, 0.15) is 52.3 Å². The van der Waals surface area contributed by atoms with Crippen molar-refractivity contribution in [3.05, 3.63) is 46.3 Å². The lowest BCUT2D eigenvalue weighted by molar-refractivity contribution is -0.118. The number of carbonyl (C=O) groups excluding carboxylic acids is 3. The quantitative estimate of drug-likeness (QED) is 0.559. The lowest BCUT2D eigenvalue weighted by Crippen LogP contribution is -2.21. The maximum absolute atomic E-state index is 12.2. The highest BCUT2D eigenvalue weighted by Crippen LogP contribution is 2.33. The number of nitrogens with one attached hydrogen (secondary N) is 1. The number of aldehydes is 1. The molecular formula is C19H21NO5S. The van der Waals surface area contributed by atoms with Gasteiger partial charge in [-0.15, -0.1) is 11.3 Å². The van der Waals surface area contributed by atoms with Gasteiger partial charge in [0.2, 0.25) is 0 Å². The number of hydrogen-bond donors (Lipinski definition) is 1. The molecule has 0 aliphatic carbocycles. The van der Waals surface area contributed by atoms with Gasteiger partial charge in [0, 0.05) is 10.4 Å². The van der Waals surface area contributed by atoms with Gasteiger partial charge >= 0.3 is 5.97 Å². The molecule has 1 amide bonds. The number of thiophene rings is 1. The summed E-state index contributed by atoms with van der Waals surface area (Å²) in [6.07, 6.45) is 0.706. The van der Waals surface area contributed by atoms with Crippen molar-refractivity contribution in [3.8, 4) is 5.75 Å². The van der Waals surface area contributed by atoms with E-state index < -0.39 is 11.9 Å². The molecule has 2 rings (SSSR count). The molecule has 0 atom stereocenters. The minimum atomic E-state index is -0.467. The molecule has 0 spiro atoms. The van der Waals surface area contributed by atoms with Gasteiger partial charge in [-0.2, -0.15) is 0 Å². The average molecular weight is 375 g/mol. The molecule has 0 saturated heterocycles. The van der Waals surface area contributed by atoms with Crippen LogP contribution in [0.3, 0.4) is 0 Å². The van der Waals surface area contributed by atoms with Crippen LogP contribution in [-0.4, -0.2) is 31.4 Å². The van der Waals surface area contributed by atoms with E-state index in [0.717, 1.165) is 4.88 Å². The Morgan fingerprint density at radius 2 is 2.04 bits per heavy atom. The van der Waals surface area contributed by atoms with Crippen LogP contribution in [0.2, 0.25) is 0 Å². The fourth-order valence-electron chi connectivity index (χ4n) is 2.14. The van der Waals surface area contributed by atoms with E-state index in [1.807, 2.05) is 13.8 Å². The number of rotatable bonds is 8. The Labute approximate surface area is 156 Å². The first kappa shape index (κ1) is 19.7. The Bertz CT molecular complexity index is 797. The van der Waals surface area contributed by atoms with Crippen molar-refractivity contribution in [2.75, 3.05) is 18.5 Å². The van der Waals surface area contributed by atoms with Crippen LogP contribution in [0, 0.1) is 0 Å². The Kier molecular flexibility index (Phi) is 6.91. The van der Waals surface area contributed by atoms with E-state index in [2.05, 4.69) is 5.32 Å². The number of carbonyl (C=O) groups is 3. The fourth-order valence-corrected chi connectivity index (χ4v) is 3.20. The van der Waals surface area contributed by atoms with Crippen molar-refractivity contribution >= 4 is 34.5 Å². The van der Waals surface area contributed by atoms with Crippen LogP contribution in [0.5, 0.6) is 5.75 Å². The first-order valence-electron chi connectivity index (χ1n) is 8.23. The van der Waals surface area contributed by atoms with Gasteiger partial charge in [0.15, 0.2) is 6.61 Å². The van der Waals surface area contributed by atoms with E-state index in [-0.39, 0.29) is 19.1 Å². The lowest BCUT2D eigenvalue weighted by Gasteiger charge is -2.08. The number of ether oxygens (including phenoxy) is 2. The Balaban J connectivity index is 2.07. The summed E-state index contributed by atoms with van der Waals surface area (Å²) in [5.41, 5.74) is 0.809. The second-order valence-electron chi connectivity index (χ2n) is 5.79. The first-order valence-corrected chi connectivity index (χ1v) is 9.05. The van der Waals surface area contributed by atoms with E-state index in [9.17, 15) is 14.4 Å². The predicted molar refractivity (Wildman–Crippen MR) is 100 cm³/mol. The number of hydrogen-bond acceptors (Lipinski definition) is 6. The van der Waals surface area contributed by atoms with Gasteiger partial charge in [-0.1, -0.05) is 26.0 Å². The van der Waals surface area contributed by atoms with E-state index in [4.69, 9.17) is 9.47 Å². The molecule has 0 saturated carbocycles. The van der Waals surface area contributed by atoms with E-state index in [1.54, 1.807) is 37.3 Å². The van der Waals surface area contributed by atoms with Crippen molar-refractivity contribution < 1.29 is 23.9 Å². The summed E-state index contributed by atoms with van der Waals surface area (Å²) >= 11 is 1.34. The third-order valence-electron chi connectivity index (χ3n) is 3.43. The van der Waals surface area contributed by atoms with Gasteiger partial charge in [-0.3, -0.25) is 9.59 Å². The Morgan fingerprint density at radius 1 is 1.27 bits per heavy atom. The third kappa shape index (κ3) is 5.16. The molecule has 0 aliphatic heterocycles. The summed E-state index contributed by atoms with van der Waals surface area (Å²) in [6.45, 7) is 5.77. The number of benzene rings is 1. The number of anilines is 1. The predicted octanol–water partition coefficient (Wildman–Crippen LogP) is 3.88. The van der Waals surface area contributed by atoms with Crippen LogP contribution in [-0.2, 0) is 9.53 Å². The zero-order valence-electron chi connectivity index (χ0n) is 14.9. The standard InChI is InChI=1S/C19H21NO5S/c1-4-24-19(23)15-9-16(12(2)3)26-18(15)20-17(22)11-25-14-7-5-6-13(8-14)10-21/h5-10,12H,4,11H2,1-3H3,(H,20,22). The van der Waals surface area contributed by atoms with Crippen LogP contribution in [0.4, 0.5) is 5.00 Å². The van der Waals surface area contributed by atoms with Gasteiger partial charge in [0.05, 0.1) is 12.2 Å². The molecule has 2 aromatic rings. The molecule has 26 heavy (non-hydrogen) atoms. The maximum Gasteiger partial charge on any atom is 0.341 e. The summed E-state index contributed by atoms with van der Waals surface area (Å²) in [7, 11) is 0. The lowest BCUT2D eigenvalue weighted by atomic mass is 10.1. The molecule has 0 radical (unpaired) electrons. The summed E-state index contributed by atoms with van der Waals surface area (Å²) in [4.78, 5) is 36.1. The molecule has 1 heterocycles. The van der Waals surface area contributed by atoms with Crippen molar-refractivity contribution in [2.24, 2.45) is 0 Å². The maximum atomic E-state index is 12.2. The van der Waals surface area contributed by atoms with Gasteiger partial charge in [0.25, 0.3) is 5.91 Å². The van der Waals surface area contributed by atoms with Gasteiger partial charge in [-0.05, 0) is 31.0 Å². The zero-order chi connectivity index (χ0) is 19.1. The normalized spacial score (nSPS) is 10.5. The van der Waals surface area contributed by atoms with Crippen molar-refractivity contribution in [1.29, 1.82) is 0 Å². The highest BCUT2D eigenvalue weighted by molar-refractivity contribution is 7.16.